The molecule has 2 aromatic rings. The highest BCUT2D eigenvalue weighted by Gasteiger charge is 2.52. The van der Waals surface area contributed by atoms with E-state index in [1.165, 1.54) is 0 Å². The zero-order valence-electron chi connectivity index (χ0n) is 20.9. The molecule has 3 amide bonds. The molecule has 204 valence electrons. The fourth-order valence-electron chi connectivity index (χ4n) is 5.39. The van der Waals surface area contributed by atoms with Crippen molar-refractivity contribution in [3.63, 3.8) is 0 Å². The van der Waals surface area contributed by atoms with Gasteiger partial charge in [-0.05, 0) is 54.7 Å². The van der Waals surface area contributed by atoms with Gasteiger partial charge in [-0.15, -0.1) is 0 Å². The van der Waals surface area contributed by atoms with Gasteiger partial charge in [-0.1, -0.05) is 37.6 Å². The summed E-state index contributed by atoms with van der Waals surface area (Å²) in [6, 6.07) is 7.83. The average Bonchev–Trinajstić information content (AvgIpc) is 3.17. The summed E-state index contributed by atoms with van der Waals surface area (Å²) in [5, 5.41) is 5.94. The number of carbonyl (C=O) groups is 3. The van der Waals surface area contributed by atoms with Crippen LogP contribution in [0, 0.1) is 17.2 Å². The maximum Gasteiger partial charge on any atom is 0.416 e. The molecule has 4 rings (SSSR count). The molecule has 0 saturated carbocycles. The third-order valence-electron chi connectivity index (χ3n) is 7.56. The number of alkyl halides is 3. The Morgan fingerprint density at radius 3 is 2.42 bits per heavy atom. The summed E-state index contributed by atoms with van der Waals surface area (Å²) in [7, 11) is 0. The summed E-state index contributed by atoms with van der Waals surface area (Å²) in [6.45, 7) is 4.31. The van der Waals surface area contributed by atoms with Gasteiger partial charge in [-0.2, -0.15) is 13.2 Å². The molecule has 2 aromatic carbocycles. The number of nitrogens with zero attached hydrogens (tertiary/aromatic N) is 1. The van der Waals surface area contributed by atoms with Gasteiger partial charge >= 0.3 is 6.18 Å². The van der Waals surface area contributed by atoms with E-state index < -0.39 is 52.3 Å². The van der Waals surface area contributed by atoms with Crippen molar-refractivity contribution in [2.75, 3.05) is 19.6 Å². The lowest BCUT2D eigenvalue weighted by Gasteiger charge is -2.42. The fraction of sp³-hybridized carbons (Fsp3) is 0.444. The Labute approximate surface area is 222 Å². The molecule has 2 N–H and O–H groups in total. The van der Waals surface area contributed by atoms with Gasteiger partial charge in [0.25, 0.3) is 5.91 Å². The molecule has 1 unspecified atom stereocenters. The number of halogens is 5. The van der Waals surface area contributed by atoms with Crippen molar-refractivity contribution in [2.45, 2.75) is 44.8 Å². The summed E-state index contributed by atoms with van der Waals surface area (Å²) in [5.41, 5.74) is -1.73. The zero-order valence-corrected chi connectivity index (χ0v) is 21.6. The first-order valence-electron chi connectivity index (χ1n) is 12.3. The summed E-state index contributed by atoms with van der Waals surface area (Å²) in [6.07, 6.45) is -3.97. The van der Waals surface area contributed by atoms with Gasteiger partial charge in [0.1, 0.15) is 11.9 Å². The number of nitrogens with one attached hydrogen (secondary N) is 2. The molecule has 2 saturated heterocycles. The topological polar surface area (TPSA) is 78.5 Å². The maximum absolute atomic E-state index is 14.3. The van der Waals surface area contributed by atoms with Crippen molar-refractivity contribution in [3.05, 3.63) is 70.0 Å². The van der Waals surface area contributed by atoms with E-state index in [1.807, 2.05) is 18.2 Å². The van der Waals surface area contributed by atoms with Crippen LogP contribution in [0.5, 0.6) is 0 Å². The van der Waals surface area contributed by atoms with Crippen LogP contribution >= 0.6 is 11.6 Å². The van der Waals surface area contributed by atoms with Gasteiger partial charge in [-0.25, -0.2) is 4.39 Å². The molecular formula is C27H28ClF4N3O3. The van der Waals surface area contributed by atoms with E-state index in [-0.39, 0.29) is 24.9 Å². The largest absolute Gasteiger partial charge is 0.416 e. The average molecular weight is 554 g/mol. The van der Waals surface area contributed by atoms with Crippen molar-refractivity contribution in [1.29, 1.82) is 0 Å². The van der Waals surface area contributed by atoms with Crippen LogP contribution in [-0.4, -0.2) is 48.3 Å². The van der Waals surface area contributed by atoms with Crippen LogP contribution in [0.15, 0.2) is 42.5 Å². The fourth-order valence-corrected chi connectivity index (χ4v) is 5.59. The van der Waals surface area contributed by atoms with Gasteiger partial charge in [-0.3, -0.25) is 14.4 Å². The molecule has 38 heavy (non-hydrogen) atoms. The number of likely N-dealkylation sites (tertiary alicyclic amines) is 1. The van der Waals surface area contributed by atoms with E-state index in [4.69, 9.17) is 11.6 Å². The Balaban J connectivity index is 1.49. The van der Waals surface area contributed by atoms with E-state index in [2.05, 4.69) is 10.6 Å². The number of hydrogen-bond donors (Lipinski definition) is 2. The van der Waals surface area contributed by atoms with E-state index in [0.717, 1.165) is 5.56 Å². The normalized spacial score (nSPS) is 19.9. The monoisotopic (exact) mass is 553 g/mol. The quantitative estimate of drug-likeness (QED) is 0.523. The lowest BCUT2D eigenvalue weighted by molar-refractivity contribution is -0.141. The SMILES string of the molecule is CC(C)[C@@H](NC(=O)c1cc(C(F)(F)F)ccc1F)C(=O)N1CCC2(CC1)C(=O)NCC2c1cccc(Cl)c1. The molecule has 2 heterocycles. The first-order valence-corrected chi connectivity index (χ1v) is 12.7. The highest BCUT2D eigenvalue weighted by molar-refractivity contribution is 6.30. The third-order valence-corrected chi connectivity index (χ3v) is 7.80. The van der Waals surface area contributed by atoms with Gasteiger partial charge in [0.15, 0.2) is 0 Å². The van der Waals surface area contributed by atoms with Gasteiger partial charge < -0.3 is 15.5 Å². The van der Waals surface area contributed by atoms with E-state index in [9.17, 15) is 31.9 Å². The van der Waals surface area contributed by atoms with Crippen LogP contribution in [0.25, 0.3) is 0 Å². The molecule has 2 fully saturated rings. The lowest BCUT2D eigenvalue weighted by Crippen LogP contribution is -2.55. The van der Waals surface area contributed by atoms with Crippen molar-refractivity contribution < 1.29 is 31.9 Å². The van der Waals surface area contributed by atoms with Crippen molar-refractivity contribution in [2.24, 2.45) is 11.3 Å². The van der Waals surface area contributed by atoms with Crippen LogP contribution in [0.4, 0.5) is 17.6 Å². The molecule has 0 bridgehead atoms. The molecule has 0 aromatic heterocycles. The summed E-state index contributed by atoms with van der Waals surface area (Å²) >= 11 is 6.17. The number of hydrogen-bond acceptors (Lipinski definition) is 3. The van der Waals surface area contributed by atoms with Gasteiger partial charge in [0, 0.05) is 30.6 Å². The van der Waals surface area contributed by atoms with Crippen LogP contribution in [0.1, 0.15) is 54.1 Å². The molecule has 2 aliphatic heterocycles. The summed E-state index contributed by atoms with van der Waals surface area (Å²) in [5.74, 6) is -3.28. The minimum atomic E-state index is -4.75. The second kappa shape index (κ2) is 10.6. The smallest absolute Gasteiger partial charge is 0.355 e. The minimum Gasteiger partial charge on any atom is -0.355 e. The second-order valence-electron chi connectivity index (χ2n) is 10.2. The molecule has 6 nitrogen and oxygen atoms in total. The Morgan fingerprint density at radius 2 is 1.82 bits per heavy atom. The van der Waals surface area contributed by atoms with E-state index >= 15 is 0 Å². The molecule has 11 heteroatoms. The van der Waals surface area contributed by atoms with Crippen LogP contribution in [0.3, 0.4) is 0 Å². The highest BCUT2D eigenvalue weighted by atomic mass is 35.5. The first-order chi connectivity index (χ1) is 17.8. The summed E-state index contributed by atoms with van der Waals surface area (Å²) in [4.78, 5) is 40.7. The van der Waals surface area contributed by atoms with Crippen molar-refractivity contribution in [3.8, 4) is 0 Å². The number of benzene rings is 2. The molecule has 2 aliphatic rings. The number of amides is 3. The third kappa shape index (κ3) is 5.36. The Hall–Kier alpha value is -3.14. The zero-order chi connectivity index (χ0) is 27.8. The predicted molar refractivity (Wildman–Crippen MR) is 133 cm³/mol. The van der Waals surface area contributed by atoms with Gasteiger partial charge in [0.05, 0.1) is 16.5 Å². The lowest BCUT2D eigenvalue weighted by atomic mass is 9.68. The molecular weight excluding hydrogens is 526 g/mol. The van der Waals surface area contributed by atoms with Crippen LogP contribution in [-0.2, 0) is 15.8 Å². The maximum atomic E-state index is 14.3. The predicted octanol–water partition coefficient (Wildman–Crippen LogP) is 4.77. The molecule has 2 atom stereocenters. The number of rotatable bonds is 5. The van der Waals surface area contributed by atoms with Crippen molar-refractivity contribution in [1.82, 2.24) is 15.5 Å². The minimum absolute atomic E-state index is 0.0803. The Morgan fingerprint density at radius 1 is 1.13 bits per heavy atom. The standard InChI is InChI=1S/C27H28ClF4N3O3/c1-15(2)22(34-23(36)19-13-17(27(30,31)32)6-7-21(19)29)24(37)35-10-8-26(9-11-35)20(14-33-25(26)38)16-4-3-5-18(28)12-16/h3-7,12-13,15,20,22H,8-11,14H2,1-2H3,(H,33,38)(H,34,36)/t20?,22-/m1/s1. The molecule has 1 spiro atoms. The first kappa shape index (κ1) is 27.9. The Kier molecular flexibility index (Phi) is 7.74. The van der Waals surface area contributed by atoms with Crippen LogP contribution in [0.2, 0.25) is 5.02 Å². The highest BCUT2D eigenvalue weighted by Crippen LogP contribution is 2.48. The van der Waals surface area contributed by atoms with Crippen LogP contribution < -0.4 is 10.6 Å². The van der Waals surface area contributed by atoms with E-state index in [0.29, 0.717) is 42.6 Å². The number of piperidine rings is 1. The Bertz CT molecular complexity index is 1240. The second-order valence-corrected chi connectivity index (χ2v) is 10.6. The van der Waals surface area contributed by atoms with E-state index in [1.54, 1.807) is 24.8 Å². The van der Waals surface area contributed by atoms with Crippen molar-refractivity contribution >= 4 is 29.3 Å². The van der Waals surface area contributed by atoms with Gasteiger partial charge in [0.2, 0.25) is 11.8 Å². The summed E-state index contributed by atoms with van der Waals surface area (Å²) < 4.78 is 53.5. The molecule has 0 aliphatic carbocycles. The molecule has 0 radical (unpaired) electrons. The number of carbonyl (C=O) groups excluding carboxylic acids is 3.